The molecular weight excluding hydrogens is 250 g/mol. The molecule has 0 fully saturated rings. The van der Waals surface area contributed by atoms with E-state index < -0.39 is 5.97 Å². The average Bonchev–Trinajstić information content (AvgIpc) is 2.75. The number of rotatable bonds is 8. The molecule has 0 saturated heterocycles. The first kappa shape index (κ1) is 15.2. The van der Waals surface area contributed by atoms with Gasteiger partial charge in [-0.1, -0.05) is 0 Å². The summed E-state index contributed by atoms with van der Waals surface area (Å²) in [4.78, 5) is 22.1. The van der Waals surface area contributed by atoms with Crippen molar-refractivity contribution in [3.8, 4) is 0 Å². The summed E-state index contributed by atoms with van der Waals surface area (Å²) in [5.41, 5.74) is 0.214. The Bertz CT molecular complexity index is 428. The van der Waals surface area contributed by atoms with Crippen LogP contribution in [0.15, 0.2) is 12.3 Å². The number of nitrogens with zero attached hydrogens (tertiary/aromatic N) is 2. The molecule has 0 aliphatic carbocycles. The van der Waals surface area contributed by atoms with Gasteiger partial charge in [0.2, 0.25) is 0 Å². The fraction of sp³-hybridized carbons (Fsp3) is 0.583. The Morgan fingerprint density at radius 3 is 2.89 bits per heavy atom. The molecule has 0 aliphatic rings. The highest BCUT2D eigenvalue weighted by Crippen LogP contribution is 1.96. The Morgan fingerprint density at radius 2 is 2.26 bits per heavy atom. The maximum atomic E-state index is 11.7. The number of ether oxygens (including phenoxy) is 1. The van der Waals surface area contributed by atoms with Gasteiger partial charge in [0, 0.05) is 19.3 Å². The van der Waals surface area contributed by atoms with E-state index in [0.29, 0.717) is 13.2 Å². The van der Waals surface area contributed by atoms with Crippen LogP contribution in [-0.2, 0) is 16.1 Å². The molecule has 2 N–H and O–H groups in total. The fourth-order valence-corrected chi connectivity index (χ4v) is 1.39. The molecule has 7 heteroatoms. The van der Waals surface area contributed by atoms with Crippen LogP contribution in [0.2, 0.25) is 0 Å². The molecule has 0 atom stereocenters. The maximum Gasteiger partial charge on any atom is 0.325 e. The second-order valence-corrected chi connectivity index (χ2v) is 4.32. The summed E-state index contributed by atoms with van der Waals surface area (Å²) in [6.07, 6.45) is 2.37. The molecule has 0 saturated carbocycles. The Morgan fingerprint density at radius 1 is 1.53 bits per heavy atom. The summed E-state index contributed by atoms with van der Waals surface area (Å²) in [7, 11) is 0. The molecule has 0 radical (unpaired) electrons. The molecule has 0 bridgehead atoms. The summed E-state index contributed by atoms with van der Waals surface area (Å²) >= 11 is 0. The lowest BCUT2D eigenvalue weighted by Gasteiger charge is -2.07. The number of aromatic nitrogens is 2. The van der Waals surface area contributed by atoms with Gasteiger partial charge in [0.15, 0.2) is 0 Å². The third kappa shape index (κ3) is 6.01. The predicted octanol–water partition coefficient (Wildman–Crippen LogP) is 0.513. The highest BCUT2D eigenvalue weighted by molar-refractivity contribution is 5.92. The first-order valence-corrected chi connectivity index (χ1v) is 6.14. The summed E-state index contributed by atoms with van der Waals surface area (Å²) in [6, 6.07) is 1.49. The van der Waals surface area contributed by atoms with Crippen molar-refractivity contribution in [2.24, 2.45) is 0 Å². The molecule has 0 spiro atoms. The molecule has 1 amide bonds. The van der Waals surface area contributed by atoms with Crippen LogP contribution in [0.3, 0.4) is 0 Å². The van der Waals surface area contributed by atoms with E-state index in [4.69, 9.17) is 9.84 Å². The van der Waals surface area contributed by atoms with Gasteiger partial charge in [-0.05, 0) is 26.3 Å². The number of hydrogen-bond donors (Lipinski definition) is 2. The Kier molecular flexibility index (Phi) is 6.01. The van der Waals surface area contributed by atoms with Crippen molar-refractivity contribution >= 4 is 11.9 Å². The second kappa shape index (κ2) is 7.52. The highest BCUT2D eigenvalue weighted by Gasteiger charge is 2.09. The van der Waals surface area contributed by atoms with E-state index >= 15 is 0 Å². The monoisotopic (exact) mass is 269 g/mol. The van der Waals surface area contributed by atoms with E-state index in [1.165, 1.54) is 16.9 Å². The normalized spacial score (nSPS) is 10.7. The van der Waals surface area contributed by atoms with Gasteiger partial charge in [-0.3, -0.25) is 14.3 Å². The first-order chi connectivity index (χ1) is 8.99. The van der Waals surface area contributed by atoms with Crippen LogP contribution in [0.1, 0.15) is 30.8 Å². The standard InChI is InChI=1S/C12H19N3O4/c1-9(2)19-7-3-5-13-12(18)10-4-6-15(14-10)8-11(16)17/h4,6,9H,3,5,7-8H2,1-2H3,(H,13,18)(H,16,17). The largest absolute Gasteiger partial charge is 0.480 e. The minimum absolute atomic E-state index is 0.183. The minimum Gasteiger partial charge on any atom is -0.480 e. The Balaban J connectivity index is 2.29. The van der Waals surface area contributed by atoms with Crippen LogP contribution in [0.25, 0.3) is 0 Å². The molecule has 1 rings (SSSR count). The van der Waals surface area contributed by atoms with E-state index in [1.807, 2.05) is 13.8 Å². The van der Waals surface area contributed by atoms with Gasteiger partial charge in [0.1, 0.15) is 12.2 Å². The summed E-state index contributed by atoms with van der Waals surface area (Å²) < 4.78 is 6.55. The van der Waals surface area contributed by atoms with Gasteiger partial charge in [-0.15, -0.1) is 0 Å². The van der Waals surface area contributed by atoms with E-state index in [1.54, 1.807) is 0 Å². The maximum absolute atomic E-state index is 11.7. The SMILES string of the molecule is CC(C)OCCCNC(=O)c1ccn(CC(=O)O)n1. The topological polar surface area (TPSA) is 93.5 Å². The van der Waals surface area contributed by atoms with Crippen molar-refractivity contribution in [2.75, 3.05) is 13.2 Å². The number of carbonyl (C=O) groups is 2. The molecule has 0 aromatic carbocycles. The number of aliphatic carboxylic acids is 1. The van der Waals surface area contributed by atoms with Crippen molar-refractivity contribution in [1.29, 1.82) is 0 Å². The second-order valence-electron chi connectivity index (χ2n) is 4.32. The van der Waals surface area contributed by atoms with Crippen molar-refractivity contribution in [2.45, 2.75) is 32.9 Å². The molecule has 1 heterocycles. The molecule has 7 nitrogen and oxygen atoms in total. The average molecular weight is 269 g/mol. The van der Waals surface area contributed by atoms with Crippen LogP contribution in [0.5, 0.6) is 0 Å². The molecule has 0 unspecified atom stereocenters. The first-order valence-electron chi connectivity index (χ1n) is 6.14. The number of carbonyl (C=O) groups excluding carboxylic acids is 1. The quantitative estimate of drug-likeness (QED) is 0.671. The van der Waals surface area contributed by atoms with Crippen molar-refractivity contribution in [3.63, 3.8) is 0 Å². The molecule has 19 heavy (non-hydrogen) atoms. The lowest BCUT2D eigenvalue weighted by atomic mass is 10.4. The molecule has 1 aromatic rings. The lowest BCUT2D eigenvalue weighted by molar-refractivity contribution is -0.137. The van der Waals surface area contributed by atoms with Gasteiger partial charge in [0.05, 0.1) is 6.10 Å². The number of nitrogens with one attached hydrogen (secondary N) is 1. The van der Waals surface area contributed by atoms with E-state index in [2.05, 4.69) is 10.4 Å². The zero-order valence-corrected chi connectivity index (χ0v) is 11.1. The van der Waals surface area contributed by atoms with Crippen LogP contribution in [-0.4, -0.2) is 46.0 Å². The fourth-order valence-electron chi connectivity index (χ4n) is 1.39. The number of carboxylic acids is 1. The summed E-state index contributed by atoms with van der Waals surface area (Å²) in [6.45, 7) is 4.74. The third-order valence-corrected chi connectivity index (χ3v) is 2.23. The van der Waals surface area contributed by atoms with Crippen LogP contribution < -0.4 is 5.32 Å². The summed E-state index contributed by atoms with van der Waals surface area (Å²) in [5, 5.41) is 15.2. The van der Waals surface area contributed by atoms with E-state index in [9.17, 15) is 9.59 Å². The van der Waals surface area contributed by atoms with Crippen LogP contribution in [0, 0.1) is 0 Å². The van der Waals surface area contributed by atoms with Gasteiger partial charge >= 0.3 is 5.97 Å². The third-order valence-electron chi connectivity index (χ3n) is 2.23. The molecule has 1 aromatic heterocycles. The van der Waals surface area contributed by atoms with E-state index in [0.717, 1.165) is 6.42 Å². The van der Waals surface area contributed by atoms with Crippen molar-refractivity contribution in [3.05, 3.63) is 18.0 Å². The predicted molar refractivity (Wildman–Crippen MR) is 67.9 cm³/mol. The zero-order chi connectivity index (χ0) is 14.3. The zero-order valence-electron chi connectivity index (χ0n) is 11.1. The molecule has 106 valence electrons. The van der Waals surface area contributed by atoms with Crippen LogP contribution in [0.4, 0.5) is 0 Å². The van der Waals surface area contributed by atoms with Gasteiger partial charge in [0.25, 0.3) is 5.91 Å². The van der Waals surface area contributed by atoms with Gasteiger partial charge in [-0.25, -0.2) is 0 Å². The molecule has 0 aliphatic heterocycles. The van der Waals surface area contributed by atoms with Crippen LogP contribution >= 0.6 is 0 Å². The summed E-state index contributed by atoms with van der Waals surface area (Å²) in [5.74, 6) is -1.31. The Labute approximate surface area is 111 Å². The van der Waals surface area contributed by atoms with Gasteiger partial charge in [-0.2, -0.15) is 5.10 Å². The van der Waals surface area contributed by atoms with Crippen molar-refractivity contribution < 1.29 is 19.4 Å². The lowest BCUT2D eigenvalue weighted by Crippen LogP contribution is -2.26. The highest BCUT2D eigenvalue weighted by atomic mass is 16.5. The smallest absolute Gasteiger partial charge is 0.325 e. The number of amides is 1. The van der Waals surface area contributed by atoms with E-state index in [-0.39, 0.29) is 24.2 Å². The van der Waals surface area contributed by atoms with Gasteiger partial charge < -0.3 is 15.2 Å². The number of carboxylic acid groups (broad SMARTS) is 1. The Hall–Kier alpha value is -1.89. The minimum atomic E-state index is -0.999. The molecular formula is C12H19N3O4. The number of hydrogen-bond acceptors (Lipinski definition) is 4. The van der Waals surface area contributed by atoms with Crippen molar-refractivity contribution in [1.82, 2.24) is 15.1 Å².